The lowest BCUT2D eigenvalue weighted by Gasteiger charge is -2.05. The van der Waals surface area contributed by atoms with Crippen LogP contribution in [0.2, 0.25) is 0 Å². The third-order valence-electron chi connectivity index (χ3n) is 1.91. The standard InChI is InChI=1S/C10H8BrN3O2/c11-7-5-6(12)1-2-8(7)13-10(15)9-3-4-16-14-9/h1-5H,12H2,(H,13,15). The fourth-order valence-electron chi connectivity index (χ4n) is 1.15. The molecule has 0 saturated carbocycles. The SMILES string of the molecule is Nc1ccc(NC(=O)c2ccon2)c(Br)c1. The normalized spacial score (nSPS) is 10.1. The third kappa shape index (κ3) is 2.22. The van der Waals surface area contributed by atoms with Crippen molar-refractivity contribution in [3.63, 3.8) is 0 Å². The summed E-state index contributed by atoms with van der Waals surface area (Å²) in [7, 11) is 0. The van der Waals surface area contributed by atoms with E-state index in [-0.39, 0.29) is 11.6 Å². The number of nitrogens with zero attached hydrogens (tertiary/aromatic N) is 1. The number of rotatable bonds is 2. The van der Waals surface area contributed by atoms with Gasteiger partial charge in [-0.3, -0.25) is 4.79 Å². The fourth-order valence-corrected chi connectivity index (χ4v) is 1.64. The first kappa shape index (κ1) is 10.7. The number of nitrogens with two attached hydrogens (primary N) is 1. The van der Waals surface area contributed by atoms with Crippen LogP contribution in [0.3, 0.4) is 0 Å². The van der Waals surface area contributed by atoms with Crippen LogP contribution in [0.4, 0.5) is 11.4 Å². The lowest BCUT2D eigenvalue weighted by Crippen LogP contribution is -2.12. The molecular formula is C10H8BrN3O2. The van der Waals surface area contributed by atoms with E-state index in [0.29, 0.717) is 15.8 Å². The second kappa shape index (κ2) is 4.36. The first-order valence-electron chi connectivity index (χ1n) is 4.43. The molecule has 0 fully saturated rings. The van der Waals surface area contributed by atoms with Gasteiger partial charge in [-0.05, 0) is 34.1 Å². The quantitative estimate of drug-likeness (QED) is 0.828. The van der Waals surface area contributed by atoms with Crippen molar-refractivity contribution in [1.29, 1.82) is 0 Å². The van der Waals surface area contributed by atoms with Crippen LogP contribution in [0.25, 0.3) is 0 Å². The van der Waals surface area contributed by atoms with Gasteiger partial charge in [0.2, 0.25) is 0 Å². The summed E-state index contributed by atoms with van der Waals surface area (Å²) >= 11 is 3.30. The van der Waals surface area contributed by atoms with Gasteiger partial charge >= 0.3 is 0 Å². The number of carbonyl (C=O) groups is 1. The van der Waals surface area contributed by atoms with Crippen LogP contribution in [-0.4, -0.2) is 11.1 Å². The number of carbonyl (C=O) groups excluding carboxylic acids is 1. The van der Waals surface area contributed by atoms with E-state index in [1.54, 1.807) is 18.2 Å². The minimum absolute atomic E-state index is 0.226. The summed E-state index contributed by atoms with van der Waals surface area (Å²) < 4.78 is 5.29. The molecule has 5 nitrogen and oxygen atoms in total. The molecule has 0 aliphatic heterocycles. The molecule has 3 N–H and O–H groups in total. The molecule has 82 valence electrons. The Balaban J connectivity index is 2.18. The second-order valence-corrected chi connectivity index (χ2v) is 3.93. The number of hydrogen-bond acceptors (Lipinski definition) is 4. The summed E-state index contributed by atoms with van der Waals surface area (Å²) in [6.45, 7) is 0. The van der Waals surface area contributed by atoms with Crippen LogP contribution < -0.4 is 11.1 Å². The molecule has 0 bridgehead atoms. The number of nitrogen functional groups attached to an aromatic ring is 1. The van der Waals surface area contributed by atoms with E-state index in [1.807, 2.05) is 0 Å². The molecule has 1 heterocycles. The van der Waals surface area contributed by atoms with Crippen molar-refractivity contribution >= 4 is 33.2 Å². The zero-order valence-corrected chi connectivity index (χ0v) is 9.69. The predicted octanol–water partition coefficient (Wildman–Crippen LogP) is 2.27. The van der Waals surface area contributed by atoms with Gasteiger partial charge in [0.25, 0.3) is 5.91 Å². The molecule has 0 unspecified atom stereocenters. The van der Waals surface area contributed by atoms with Crippen LogP contribution >= 0.6 is 15.9 Å². The Hall–Kier alpha value is -1.82. The summed E-state index contributed by atoms with van der Waals surface area (Å²) in [5, 5.41) is 6.21. The lowest BCUT2D eigenvalue weighted by atomic mass is 10.3. The highest BCUT2D eigenvalue weighted by molar-refractivity contribution is 9.10. The van der Waals surface area contributed by atoms with Crippen molar-refractivity contribution in [3.8, 4) is 0 Å². The topological polar surface area (TPSA) is 81.1 Å². The molecule has 0 atom stereocenters. The van der Waals surface area contributed by atoms with Crippen LogP contribution in [0, 0.1) is 0 Å². The van der Waals surface area contributed by atoms with Crippen molar-refractivity contribution in [2.24, 2.45) is 0 Å². The van der Waals surface area contributed by atoms with Crippen molar-refractivity contribution in [2.75, 3.05) is 11.1 Å². The average Bonchev–Trinajstić information content (AvgIpc) is 2.75. The Morgan fingerprint density at radius 3 is 2.88 bits per heavy atom. The highest BCUT2D eigenvalue weighted by Crippen LogP contribution is 2.24. The second-order valence-electron chi connectivity index (χ2n) is 3.08. The van der Waals surface area contributed by atoms with E-state index in [1.165, 1.54) is 12.3 Å². The molecule has 2 aromatic rings. The molecule has 1 aromatic heterocycles. The van der Waals surface area contributed by atoms with Gasteiger partial charge in [0.05, 0.1) is 5.69 Å². The maximum atomic E-state index is 11.6. The Kier molecular flexibility index (Phi) is 2.91. The summed E-state index contributed by atoms with van der Waals surface area (Å²) in [6.07, 6.45) is 1.34. The lowest BCUT2D eigenvalue weighted by molar-refractivity contribution is 0.101. The van der Waals surface area contributed by atoms with Crippen LogP contribution in [0.15, 0.2) is 39.5 Å². The molecule has 1 amide bonds. The summed E-state index contributed by atoms with van der Waals surface area (Å²) in [6, 6.07) is 6.60. The maximum Gasteiger partial charge on any atom is 0.277 e. The summed E-state index contributed by atoms with van der Waals surface area (Å²) in [5.41, 5.74) is 7.05. The number of nitrogens with one attached hydrogen (secondary N) is 1. The van der Waals surface area contributed by atoms with Gasteiger partial charge in [-0.2, -0.15) is 0 Å². The maximum absolute atomic E-state index is 11.6. The fraction of sp³-hybridized carbons (Fsp3) is 0. The van der Waals surface area contributed by atoms with E-state index in [9.17, 15) is 4.79 Å². The van der Waals surface area contributed by atoms with Crippen molar-refractivity contribution in [1.82, 2.24) is 5.16 Å². The van der Waals surface area contributed by atoms with Gasteiger partial charge in [0.15, 0.2) is 5.69 Å². The first-order valence-corrected chi connectivity index (χ1v) is 5.23. The van der Waals surface area contributed by atoms with Gasteiger partial charge < -0.3 is 15.6 Å². The summed E-state index contributed by atoms with van der Waals surface area (Å²) in [5.74, 6) is -0.334. The van der Waals surface area contributed by atoms with Gasteiger partial charge in [-0.25, -0.2) is 0 Å². The number of amides is 1. The average molecular weight is 282 g/mol. The molecule has 16 heavy (non-hydrogen) atoms. The van der Waals surface area contributed by atoms with E-state index >= 15 is 0 Å². The van der Waals surface area contributed by atoms with E-state index in [2.05, 4.69) is 30.9 Å². The van der Waals surface area contributed by atoms with E-state index in [4.69, 9.17) is 5.73 Å². The minimum atomic E-state index is -0.334. The molecule has 0 spiro atoms. The number of anilines is 2. The van der Waals surface area contributed by atoms with Crippen LogP contribution in [0.1, 0.15) is 10.5 Å². The monoisotopic (exact) mass is 281 g/mol. The van der Waals surface area contributed by atoms with Crippen molar-refractivity contribution < 1.29 is 9.32 Å². The number of hydrogen-bond donors (Lipinski definition) is 2. The molecule has 0 aliphatic carbocycles. The molecule has 2 rings (SSSR count). The van der Waals surface area contributed by atoms with Crippen LogP contribution in [0.5, 0.6) is 0 Å². The van der Waals surface area contributed by atoms with Crippen LogP contribution in [-0.2, 0) is 0 Å². The third-order valence-corrected chi connectivity index (χ3v) is 2.57. The Bertz CT molecular complexity index is 511. The number of aromatic nitrogens is 1. The smallest absolute Gasteiger partial charge is 0.277 e. The first-order chi connectivity index (χ1) is 7.66. The Morgan fingerprint density at radius 1 is 1.44 bits per heavy atom. The number of benzene rings is 1. The van der Waals surface area contributed by atoms with Gasteiger partial charge in [0.1, 0.15) is 6.26 Å². The minimum Gasteiger partial charge on any atom is -0.399 e. The predicted molar refractivity (Wildman–Crippen MR) is 63.0 cm³/mol. The van der Waals surface area contributed by atoms with Crippen molar-refractivity contribution in [2.45, 2.75) is 0 Å². The van der Waals surface area contributed by atoms with Gasteiger partial charge in [0, 0.05) is 16.2 Å². The molecule has 6 heteroatoms. The molecular weight excluding hydrogens is 274 g/mol. The largest absolute Gasteiger partial charge is 0.399 e. The van der Waals surface area contributed by atoms with Gasteiger partial charge in [-0.1, -0.05) is 5.16 Å². The Morgan fingerprint density at radius 2 is 2.25 bits per heavy atom. The molecule has 0 aliphatic rings. The highest BCUT2D eigenvalue weighted by atomic mass is 79.9. The van der Waals surface area contributed by atoms with E-state index in [0.717, 1.165) is 0 Å². The number of halogens is 1. The van der Waals surface area contributed by atoms with E-state index < -0.39 is 0 Å². The molecule has 1 aromatic carbocycles. The molecule has 0 saturated heterocycles. The zero-order chi connectivity index (χ0) is 11.5. The van der Waals surface area contributed by atoms with Crippen molar-refractivity contribution in [3.05, 3.63) is 40.7 Å². The zero-order valence-electron chi connectivity index (χ0n) is 8.11. The molecule has 0 radical (unpaired) electrons. The van der Waals surface area contributed by atoms with Gasteiger partial charge in [-0.15, -0.1) is 0 Å². The highest BCUT2D eigenvalue weighted by Gasteiger charge is 2.10. The summed E-state index contributed by atoms with van der Waals surface area (Å²) in [4.78, 5) is 11.6. The Labute approximate surface area is 99.7 Å².